The average molecular weight is 244 g/mol. The van der Waals surface area contributed by atoms with Crippen LogP contribution in [0.4, 0.5) is 0 Å². The van der Waals surface area contributed by atoms with Crippen molar-refractivity contribution < 1.29 is 5.11 Å². The molecule has 0 aliphatic carbocycles. The Kier molecular flexibility index (Phi) is 3.53. The van der Waals surface area contributed by atoms with E-state index in [1.807, 2.05) is 57.6 Å². The van der Waals surface area contributed by atoms with Crippen molar-refractivity contribution in [2.45, 2.75) is 32.3 Å². The van der Waals surface area contributed by atoms with Crippen LogP contribution in [-0.4, -0.2) is 14.9 Å². The standard InChI is InChI=1S/C15H20N2O/c1-12-4-6-14(7-5-12)15(2,18)9-8-13-10-16-17(3)11-13/h4-7,10-11,18H,8-9H2,1-3H3. The zero-order valence-electron chi connectivity index (χ0n) is 11.2. The summed E-state index contributed by atoms with van der Waals surface area (Å²) in [5.74, 6) is 0. The average Bonchev–Trinajstić information content (AvgIpc) is 2.73. The molecule has 2 rings (SSSR count). The van der Waals surface area contributed by atoms with Crippen LogP contribution < -0.4 is 0 Å². The number of aryl methyl sites for hydroxylation is 3. The molecule has 0 saturated carbocycles. The second-order valence-corrected chi connectivity index (χ2v) is 5.16. The minimum atomic E-state index is -0.788. The van der Waals surface area contributed by atoms with Gasteiger partial charge in [-0.3, -0.25) is 4.68 Å². The van der Waals surface area contributed by atoms with Gasteiger partial charge in [0.05, 0.1) is 11.8 Å². The van der Waals surface area contributed by atoms with E-state index in [0.717, 1.165) is 17.5 Å². The van der Waals surface area contributed by atoms with Gasteiger partial charge in [0.15, 0.2) is 0 Å². The molecular formula is C15H20N2O. The molecule has 1 aromatic carbocycles. The van der Waals surface area contributed by atoms with Gasteiger partial charge in [-0.15, -0.1) is 0 Å². The van der Waals surface area contributed by atoms with Gasteiger partial charge in [-0.05, 0) is 37.8 Å². The molecule has 0 radical (unpaired) electrons. The molecule has 0 aliphatic heterocycles. The largest absolute Gasteiger partial charge is 0.385 e. The van der Waals surface area contributed by atoms with E-state index < -0.39 is 5.60 Å². The predicted octanol–water partition coefficient (Wildman–Crippen LogP) is 2.57. The van der Waals surface area contributed by atoms with Crippen LogP contribution in [0.1, 0.15) is 30.0 Å². The van der Waals surface area contributed by atoms with Gasteiger partial charge in [0.1, 0.15) is 0 Å². The van der Waals surface area contributed by atoms with Crippen LogP contribution in [0.3, 0.4) is 0 Å². The van der Waals surface area contributed by atoms with Crippen molar-refractivity contribution in [2.24, 2.45) is 7.05 Å². The third-order valence-corrected chi connectivity index (χ3v) is 3.33. The van der Waals surface area contributed by atoms with Gasteiger partial charge in [0.2, 0.25) is 0 Å². The Labute approximate surface area is 108 Å². The van der Waals surface area contributed by atoms with E-state index >= 15 is 0 Å². The Morgan fingerprint density at radius 1 is 1.28 bits per heavy atom. The lowest BCUT2D eigenvalue weighted by atomic mass is 9.89. The van der Waals surface area contributed by atoms with Crippen LogP contribution in [0, 0.1) is 6.92 Å². The maximum Gasteiger partial charge on any atom is 0.0871 e. The molecule has 0 spiro atoms. The van der Waals surface area contributed by atoms with E-state index in [-0.39, 0.29) is 0 Å². The van der Waals surface area contributed by atoms with E-state index in [9.17, 15) is 5.11 Å². The first-order valence-corrected chi connectivity index (χ1v) is 6.24. The summed E-state index contributed by atoms with van der Waals surface area (Å²) < 4.78 is 1.79. The van der Waals surface area contributed by atoms with Gasteiger partial charge in [0, 0.05) is 13.2 Å². The van der Waals surface area contributed by atoms with E-state index in [4.69, 9.17) is 0 Å². The summed E-state index contributed by atoms with van der Waals surface area (Å²) in [4.78, 5) is 0. The zero-order valence-corrected chi connectivity index (χ0v) is 11.2. The maximum absolute atomic E-state index is 10.5. The topological polar surface area (TPSA) is 38.1 Å². The van der Waals surface area contributed by atoms with Gasteiger partial charge in [-0.1, -0.05) is 29.8 Å². The third kappa shape index (κ3) is 2.99. The number of hydrogen-bond donors (Lipinski definition) is 1. The molecule has 2 aromatic rings. The smallest absolute Gasteiger partial charge is 0.0871 e. The molecule has 1 atom stereocenters. The molecule has 1 aromatic heterocycles. The first-order chi connectivity index (χ1) is 8.47. The normalized spacial score (nSPS) is 14.4. The van der Waals surface area contributed by atoms with Crippen molar-refractivity contribution in [3.05, 3.63) is 53.3 Å². The lowest BCUT2D eigenvalue weighted by Crippen LogP contribution is -2.21. The van der Waals surface area contributed by atoms with Crippen molar-refractivity contribution in [2.75, 3.05) is 0 Å². The van der Waals surface area contributed by atoms with Gasteiger partial charge in [0.25, 0.3) is 0 Å². The first-order valence-electron chi connectivity index (χ1n) is 6.24. The molecule has 0 fully saturated rings. The lowest BCUT2D eigenvalue weighted by molar-refractivity contribution is 0.0480. The van der Waals surface area contributed by atoms with Crippen molar-refractivity contribution in [3.8, 4) is 0 Å². The molecule has 0 saturated heterocycles. The molecule has 1 unspecified atom stereocenters. The highest BCUT2D eigenvalue weighted by molar-refractivity contribution is 5.26. The number of benzene rings is 1. The molecule has 96 valence electrons. The molecule has 0 aliphatic rings. The van der Waals surface area contributed by atoms with E-state index in [2.05, 4.69) is 5.10 Å². The fourth-order valence-corrected chi connectivity index (χ4v) is 2.05. The molecule has 1 N–H and O–H groups in total. The number of aliphatic hydroxyl groups is 1. The summed E-state index contributed by atoms with van der Waals surface area (Å²) in [6.07, 6.45) is 5.37. The highest BCUT2D eigenvalue weighted by atomic mass is 16.3. The Hall–Kier alpha value is -1.61. The third-order valence-electron chi connectivity index (χ3n) is 3.33. The second-order valence-electron chi connectivity index (χ2n) is 5.16. The minimum Gasteiger partial charge on any atom is -0.385 e. The molecule has 3 heteroatoms. The number of hydrogen-bond acceptors (Lipinski definition) is 2. The van der Waals surface area contributed by atoms with Crippen LogP contribution in [0.2, 0.25) is 0 Å². The Morgan fingerprint density at radius 2 is 1.94 bits per heavy atom. The monoisotopic (exact) mass is 244 g/mol. The van der Waals surface area contributed by atoms with Crippen molar-refractivity contribution >= 4 is 0 Å². The quantitative estimate of drug-likeness (QED) is 0.897. The van der Waals surface area contributed by atoms with Gasteiger partial charge in [-0.2, -0.15) is 5.10 Å². The molecule has 3 nitrogen and oxygen atoms in total. The van der Waals surface area contributed by atoms with Crippen molar-refractivity contribution in [1.82, 2.24) is 9.78 Å². The Bertz CT molecular complexity index is 512. The molecular weight excluding hydrogens is 224 g/mol. The molecule has 1 heterocycles. The first kappa shape index (κ1) is 12.8. The minimum absolute atomic E-state index is 0.696. The van der Waals surface area contributed by atoms with E-state index in [0.29, 0.717) is 6.42 Å². The van der Waals surface area contributed by atoms with Crippen LogP contribution in [0.5, 0.6) is 0 Å². The van der Waals surface area contributed by atoms with Crippen LogP contribution >= 0.6 is 0 Å². The lowest BCUT2D eigenvalue weighted by Gasteiger charge is -2.23. The van der Waals surface area contributed by atoms with Crippen molar-refractivity contribution in [1.29, 1.82) is 0 Å². The summed E-state index contributed by atoms with van der Waals surface area (Å²) in [5, 5.41) is 14.7. The summed E-state index contributed by atoms with van der Waals surface area (Å²) in [6, 6.07) is 8.07. The van der Waals surface area contributed by atoms with E-state index in [1.54, 1.807) is 4.68 Å². The van der Waals surface area contributed by atoms with Gasteiger partial charge in [-0.25, -0.2) is 0 Å². The Morgan fingerprint density at radius 3 is 2.50 bits per heavy atom. The summed E-state index contributed by atoms with van der Waals surface area (Å²) in [6.45, 7) is 3.92. The number of rotatable bonds is 4. The van der Waals surface area contributed by atoms with Gasteiger partial charge < -0.3 is 5.11 Å². The predicted molar refractivity (Wildman–Crippen MR) is 72.3 cm³/mol. The summed E-state index contributed by atoms with van der Waals surface area (Å²) >= 11 is 0. The SMILES string of the molecule is Cc1ccc(C(C)(O)CCc2cnn(C)c2)cc1. The zero-order chi connectivity index (χ0) is 13.2. The fraction of sp³-hybridized carbons (Fsp3) is 0.400. The van der Waals surface area contributed by atoms with E-state index in [1.165, 1.54) is 5.56 Å². The second kappa shape index (κ2) is 4.94. The summed E-state index contributed by atoms with van der Waals surface area (Å²) in [5.41, 5.74) is 2.55. The molecule has 0 bridgehead atoms. The van der Waals surface area contributed by atoms with Crippen LogP contribution in [0.15, 0.2) is 36.7 Å². The highest BCUT2D eigenvalue weighted by Crippen LogP contribution is 2.26. The van der Waals surface area contributed by atoms with Crippen LogP contribution in [0.25, 0.3) is 0 Å². The fourth-order valence-electron chi connectivity index (χ4n) is 2.05. The summed E-state index contributed by atoms with van der Waals surface area (Å²) in [7, 11) is 1.90. The highest BCUT2D eigenvalue weighted by Gasteiger charge is 2.22. The van der Waals surface area contributed by atoms with Gasteiger partial charge >= 0.3 is 0 Å². The number of nitrogens with zero attached hydrogens (tertiary/aromatic N) is 2. The van der Waals surface area contributed by atoms with Crippen molar-refractivity contribution in [3.63, 3.8) is 0 Å². The Balaban J connectivity index is 2.04. The molecule has 18 heavy (non-hydrogen) atoms. The number of aromatic nitrogens is 2. The maximum atomic E-state index is 10.5. The molecule has 0 amide bonds. The van der Waals surface area contributed by atoms with Crippen LogP contribution in [-0.2, 0) is 19.1 Å².